The first-order valence-corrected chi connectivity index (χ1v) is 11.1. The number of fused-ring (bicyclic) bond motifs is 7. The molecule has 3 saturated carbocycles. The summed E-state index contributed by atoms with van der Waals surface area (Å²) in [7, 11) is 0. The molecule has 1 saturated heterocycles. The Hall–Kier alpha value is -0.820. The fraction of sp³-hybridized carbons (Fsp3) is 0.783. The van der Waals surface area contributed by atoms with E-state index < -0.39 is 46.3 Å². The summed E-state index contributed by atoms with van der Waals surface area (Å²) in [5.74, 6) is -2.15. The predicted octanol–water partition coefficient (Wildman–Crippen LogP) is 4.39. The zero-order valence-electron chi connectivity index (χ0n) is 18.0. The molecule has 0 radical (unpaired) electrons. The molecule has 5 rings (SSSR count). The summed E-state index contributed by atoms with van der Waals surface area (Å²) >= 11 is 6.27. The third-order valence-corrected chi connectivity index (χ3v) is 9.11. The summed E-state index contributed by atoms with van der Waals surface area (Å²) in [4.78, 5) is 12.4. The molecule has 4 nitrogen and oxygen atoms in total. The van der Waals surface area contributed by atoms with E-state index in [0.717, 1.165) is 0 Å². The van der Waals surface area contributed by atoms with Gasteiger partial charge in [-0.3, -0.25) is 4.79 Å². The molecule has 0 unspecified atom stereocenters. The molecular formula is C23H29ClF2O4. The molecule has 4 aliphatic carbocycles. The number of Topliss-reactive ketones (excluding diaryl/α,β-unsaturated/α-hetero) is 1. The van der Waals surface area contributed by atoms with Crippen molar-refractivity contribution in [3.05, 3.63) is 22.3 Å². The maximum Gasteiger partial charge on any atom is 0.199 e. The molecule has 1 aliphatic heterocycles. The molecule has 0 spiro atoms. The summed E-state index contributed by atoms with van der Waals surface area (Å²) in [6.07, 6.45) is -1.24. The normalized spacial score (nSPS) is 54.3. The van der Waals surface area contributed by atoms with Crippen LogP contribution < -0.4 is 0 Å². The highest BCUT2D eigenvalue weighted by Crippen LogP contribution is 2.70. The molecule has 1 heterocycles. The molecule has 0 amide bonds. The second-order valence-corrected chi connectivity index (χ2v) is 11.2. The number of ether oxygens (including phenoxy) is 2. The summed E-state index contributed by atoms with van der Waals surface area (Å²) in [5.41, 5.74) is -3.88. The third kappa shape index (κ3) is 2.29. The SMILES string of the molecule is CC1=C[C@@]2(C)C(=C(Cl)C1=O)[C@@H](F)C[C@H]1[C@@H]3C[C@H]4OC(C)(C)O[C@H]4[C@@]3(C)C[C@H](O)[C@@]12F. The van der Waals surface area contributed by atoms with Crippen molar-refractivity contribution in [2.45, 2.75) is 89.8 Å². The van der Waals surface area contributed by atoms with Gasteiger partial charge in [-0.1, -0.05) is 24.6 Å². The first-order chi connectivity index (χ1) is 13.8. The number of ketones is 1. The zero-order valence-corrected chi connectivity index (χ0v) is 18.7. The van der Waals surface area contributed by atoms with Crippen LogP contribution in [0.5, 0.6) is 0 Å². The second-order valence-electron chi connectivity index (χ2n) is 10.8. The highest BCUT2D eigenvalue weighted by atomic mass is 35.5. The topological polar surface area (TPSA) is 55.8 Å². The number of aliphatic hydroxyl groups is 1. The highest BCUT2D eigenvalue weighted by molar-refractivity contribution is 6.46. The number of hydrogen-bond acceptors (Lipinski definition) is 4. The van der Waals surface area contributed by atoms with Gasteiger partial charge in [0.25, 0.3) is 0 Å². The van der Waals surface area contributed by atoms with Crippen molar-refractivity contribution in [1.82, 2.24) is 0 Å². The Morgan fingerprint density at radius 3 is 2.50 bits per heavy atom. The summed E-state index contributed by atoms with van der Waals surface area (Å²) < 4.78 is 45.0. The van der Waals surface area contributed by atoms with E-state index in [1.165, 1.54) is 6.08 Å². The molecule has 9 atom stereocenters. The van der Waals surface area contributed by atoms with Crippen LogP contribution in [0.25, 0.3) is 0 Å². The number of aliphatic hydroxyl groups excluding tert-OH is 1. The van der Waals surface area contributed by atoms with E-state index in [4.69, 9.17) is 21.1 Å². The van der Waals surface area contributed by atoms with Crippen molar-refractivity contribution in [2.75, 3.05) is 0 Å². The molecule has 0 aromatic heterocycles. The summed E-state index contributed by atoms with van der Waals surface area (Å²) in [6.45, 7) is 8.86. The van der Waals surface area contributed by atoms with Crippen LogP contribution in [-0.2, 0) is 14.3 Å². The van der Waals surface area contributed by atoms with Gasteiger partial charge in [-0.25, -0.2) is 8.78 Å². The van der Waals surface area contributed by atoms with Crippen LogP contribution in [0.15, 0.2) is 22.3 Å². The number of allylic oxidation sites excluding steroid dienone is 4. The standard InChI is InChI=1S/C23H29ClF2O4/c1-10-8-22(5)16(17(24)18(10)28)13(25)6-12-11-7-14-19(30-20(2,3)29-14)21(11,4)9-15(27)23(12,22)26/h8,11-15,19,27H,6-7,9H2,1-5H3/t11-,12-,13-,14+,15-,19+,21-,22-,23-/m0/s1. The van der Waals surface area contributed by atoms with Crippen LogP contribution >= 0.6 is 11.6 Å². The third-order valence-electron chi connectivity index (χ3n) is 8.74. The van der Waals surface area contributed by atoms with Crippen molar-refractivity contribution in [3.63, 3.8) is 0 Å². The minimum atomic E-state index is -2.13. The Balaban J connectivity index is 1.63. The largest absolute Gasteiger partial charge is 0.390 e. The van der Waals surface area contributed by atoms with E-state index in [2.05, 4.69) is 0 Å². The van der Waals surface area contributed by atoms with Crippen LogP contribution in [-0.4, -0.2) is 46.8 Å². The Bertz CT molecular complexity index is 900. The minimum Gasteiger partial charge on any atom is -0.390 e. The van der Waals surface area contributed by atoms with Crippen molar-refractivity contribution >= 4 is 17.4 Å². The Morgan fingerprint density at radius 2 is 1.83 bits per heavy atom. The molecule has 4 fully saturated rings. The van der Waals surface area contributed by atoms with Gasteiger partial charge < -0.3 is 14.6 Å². The number of carbonyl (C=O) groups is 1. The van der Waals surface area contributed by atoms with Crippen molar-refractivity contribution in [3.8, 4) is 0 Å². The Kier molecular flexibility index (Phi) is 4.17. The number of halogens is 3. The van der Waals surface area contributed by atoms with Crippen LogP contribution in [0.1, 0.15) is 53.9 Å². The van der Waals surface area contributed by atoms with Gasteiger partial charge in [-0.2, -0.15) is 0 Å². The Labute approximate surface area is 180 Å². The molecule has 5 aliphatic rings. The van der Waals surface area contributed by atoms with Gasteiger partial charge in [0, 0.05) is 16.7 Å². The smallest absolute Gasteiger partial charge is 0.199 e. The second kappa shape index (κ2) is 5.94. The molecule has 7 heteroatoms. The van der Waals surface area contributed by atoms with Gasteiger partial charge in [-0.05, 0) is 64.0 Å². The fourth-order valence-electron chi connectivity index (χ4n) is 7.58. The number of rotatable bonds is 0. The molecular weight excluding hydrogens is 414 g/mol. The molecule has 0 aromatic carbocycles. The highest BCUT2D eigenvalue weighted by Gasteiger charge is 2.75. The van der Waals surface area contributed by atoms with E-state index in [0.29, 0.717) is 6.42 Å². The quantitative estimate of drug-likeness (QED) is 0.604. The van der Waals surface area contributed by atoms with Crippen molar-refractivity contribution < 1.29 is 28.2 Å². The fourth-order valence-corrected chi connectivity index (χ4v) is 8.04. The number of hydrogen-bond donors (Lipinski definition) is 1. The van der Waals surface area contributed by atoms with Gasteiger partial charge in [0.15, 0.2) is 17.2 Å². The average molecular weight is 443 g/mol. The lowest BCUT2D eigenvalue weighted by molar-refractivity contribution is -0.230. The van der Waals surface area contributed by atoms with Gasteiger partial charge in [0.2, 0.25) is 0 Å². The monoisotopic (exact) mass is 442 g/mol. The first kappa shape index (κ1) is 21.0. The maximum atomic E-state index is 17.2. The zero-order chi connectivity index (χ0) is 22.0. The van der Waals surface area contributed by atoms with E-state index >= 15 is 8.78 Å². The van der Waals surface area contributed by atoms with Crippen LogP contribution in [0, 0.1) is 22.7 Å². The van der Waals surface area contributed by atoms with Gasteiger partial charge in [0.1, 0.15) is 6.17 Å². The molecule has 0 bridgehead atoms. The lowest BCUT2D eigenvalue weighted by Gasteiger charge is -2.62. The summed E-state index contributed by atoms with van der Waals surface area (Å²) in [5, 5.41) is 11.0. The molecule has 30 heavy (non-hydrogen) atoms. The number of carbonyl (C=O) groups excluding carboxylic acids is 1. The number of alkyl halides is 2. The van der Waals surface area contributed by atoms with Crippen LogP contribution in [0.3, 0.4) is 0 Å². The van der Waals surface area contributed by atoms with E-state index in [9.17, 15) is 9.90 Å². The van der Waals surface area contributed by atoms with Crippen LogP contribution in [0.2, 0.25) is 0 Å². The summed E-state index contributed by atoms with van der Waals surface area (Å²) in [6, 6.07) is 0. The van der Waals surface area contributed by atoms with Crippen LogP contribution in [0.4, 0.5) is 8.78 Å². The van der Waals surface area contributed by atoms with E-state index in [1.54, 1.807) is 13.8 Å². The average Bonchev–Trinajstić information content (AvgIpc) is 3.06. The maximum absolute atomic E-state index is 17.2. The Morgan fingerprint density at radius 1 is 1.17 bits per heavy atom. The lowest BCUT2D eigenvalue weighted by atomic mass is 9.45. The van der Waals surface area contributed by atoms with E-state index in [-0.39, 0.29) is 47.1 Å². The predicted molar refractivity (Wildman–Crippen MR) is 107 cm³/mol. The molecule has 1 N–H and O–H groups in total. The van der Waals surface area contributed by atoms with Gasteiger partial charge >= 0.3 is 0 Å². The van der Waals surface area contributed by atoms with Gasteiger partial charge in [-0.15, -0.1) is 0 Å². The molecule has 166 valence electrons. The van der Waals surface area contributed by atoms with E-state index in [1.807, 2.05) is 20.8 Å². The minimum absolute atomic E-state index is 0.0204. The first-order valence-electron chi connectivity index (χ1n) is 10.8. The van der Waals surface area contributed by atoms with Gasteiger partial charge in [0.05, 0.1) is 23.3 Å². The van der Waals surface area contributed by atoms with Crippen molar-refractivity contribution in [1.29, 1.82) is 0 Å². The van der Waals surface area contributed by atoms with Crippen molar-refractivity contribution in [2.24, 2.45) is 22.7 Å². The molecule has 0 aromatic rings. The lowest BCUT2D eigenvalue weighted by Crippen LogP contribution is -2.68.